The Hall–Kier alpha value is -2.73. The van der Waals surface area contributed by atoms with Crippen molar-refractivity contribution in [2.24, 2.45) is 0 Å². The zero-order chi connectivity index (χ0) is 17.8. The zero-order valence-corrected chi connectivity index (χ0v) is 14.4. The topological polar surface area (TPSA) is 70.7 Å². The highest BCUT2D eigenvalue weighted by atomic mass is 35.5. The summed E-state index contributed by atoms with van der Waals surface area (Å²) < 4.78 is 5.12. The maximum absolute atomic E-state index is 12.2. The molecule has 0 aromatic heterocycles. The van der Waals surface area contributed by atoms with Gasteiger partial charge in [0.15, 0.2) is 0 Å². The van der Waals surface area contributed by atoms with Gasteiger partial charge in [-0.2, -0.15) is 0 Å². The Morgan fingerprint density at radius 1 is 1.24 bits per heavy atom. The van der Waals surface area contributed by atoms with Crippen LogP contribution in [0.15, 0.2) is 48.5 Å². The molecule has 1 aliphatic heterocycles. The van der Waals surface area contributed by atoms with Gasteiger partial charge in [-0.15, -0.1) is 0 Å². The van der Waals surface area contributed by atoms with E-state index in [1.807, 2.05) is 0 Å². The molecule has 1 atom stereocenters. The van der Waals surface area contributed by atoms with Gasteiger partial charge in [-0.25, -0.2) is 4.79 Å². The van der Waals surface area contributed by atoms with Crippen LogP contribution in [0.1, 0.15) is 6.42 Å². The summed E-state index contributed by atoms with van der Waals surface area (Å²) in [5, 5.41) is 6.18. The van der Waals surface area contributed by atoms with Crippen molar-refractivity contribution in [1.29, 1.82) is 0 Å². The molecule has 25 heavy (non-hydrogen) atoms. The summed E-state index contributed by atoms with van der Waals surface area (Å²) in [7, 11) is 1.56. The molecule has 0 spiro atoms. The maximum atomic E-state index is 12.2. The number of carbonyl (C=O) groups excluding carboxylic acids is 2. The number of benzene rings is 2. The van der Waals surface area contributed by atoms with E-state index in [1.165, 1.54) is 0 Å². The van der Waals surface area contributed by atoms with Gasteiger partial charge in [-0.05, 0) is 36.4 Å². The van der Waals surface area contributed by atoms with Crippen LogP contribution in [-0.4, -0.2) is 31.6 Å². The van der Waals surface area contributed by atoms with E-state index in [-0.39, 0.29) is 24.4 Å². The fraction of sp³-hybridized carbons (Fsp3) is 0.222. The molecule has 2 aromatic carbocycles. The minimum Gasteiger partial charge on any atom is -0.497 e. The quantitative estimate of drug-likeness (QED) is 0.880. The highest BCUT2D eigenvalue weighted by molar-refractivity contribution is 6.30. The van der Waals surface area contributed by atoms with Gasteiger partial charge in [0, 0.05) is 35.4 Å². The number of amides is 3. The largest absolute Gasteiger partial charge is 0.497 e. The molecule has 1 fully saturated rings. The average Bonchev–Trinajstić information content (AvgIpc) is 2.95. The predicted molar refractivity (Wildman–Crippen MR) is 97.4 cm³/mol. The van der Waals surface area contributed by atoms with Gasteiger partial charge in [0.05, 0.1) is 13.2 Å². The van der Waals surface area contributed by atoms with Crippen LogP contribution in [0.3, 0.4) is 0 Å². The van der Waals surface area contributed by atoms with Crippen LogP contribution < -0.4 is 20.3 Å². The Morgan fingerprint density at radius 3 is 2.72 bits per heavy atom. The number of ether oxygens (including phenoxy) is 1. The van der Waals surface area contributed by atoms with Crippen molar-refractivity contribution in [1.82, 2.24) is 5.32 Å². The third-order valence-electron chi connectivity index (χ3n) is 3.93. The normalized spacial score (nSPS) is 16.6. The number of carbonyl (C=O) groups is 2. The van der Waals surface area contributed by atoms with Crippen LogP contribution >= 0.6 is 11.6 Å². The van der Waals surface area contributed by atoms with Crippen molar-refractivity contribution in [3.05, 3.63) is 53.6 Å². The summed E-state index contributed by atoms with van der Waals surface area (Å²) in [6, 6.07) is 13.5. The van der Waals surface area contributed by atoms with E-state index in [4.69, 9.17) is 16.3 Å². The number of methoxy groups -OCH3 is 1. The van der Waals surface area contributed by atoms with Crippen molar-refractivity contribution >= 4 is 34.9 Å². The average molecular weight is 360 g/mol. The van der Waals surface area contributed by atoms with Gasteiger partial charge in [0.25, 0.3) is 0 Å². The Bertz CT molecular complexity index is 779. The Balaban J connectivity index is 1.59. The third-order valence-corrected chi connectivity index (χ3v) is 4.18. The van der Waals surface area contributed by atoms with E-state index in [1.54, 1.807) is 60.5 Å². The SMILES string of the molecule is COc1cccc(NC(=O)NC2CC(=O)N(c3ccc(Cl)cc3)C2)c1. The molecule has 3 rings (SSSR count). The summed E-state index contributed by atoms with van der Waals surface area (Å²) in [6.45, 7) is 0.423. The number of halogens is 1. The molecule has 0 radical (unpaired) electrons. The van der Waals surface area contributed by atoms with Crippen molar-refractivity contribution in [2.75, 3.05) is 23.9 Å². The molecule has 6 nitrogen and oxygen atoms in total. The first kappa shape index (κ1) is 17.1. The van der Waals surface area contributed by atoms with E-state index < -0.39 is 0 Å². The summed E-state index contributed by atoms with van der Waals surface area (Å²) >= 11 is 5.87. The molecular weight excluding hydrogens is 342 g/mol. The molecule has 130 valence electrons. The van der Waals surface area contributed by atoms with Crippen LogP contribution in [0.5, 0.6) is 5.75 Å². The lowest BCUT2D eigenvalue weighted by Gasteiger charge is -2.17. The first-order valence-corrected chi connectivity index (χ1v) is 8.20. The standard InChI is InChI=1S/C18H18ClN3O3/c1-25-16-4-2-3-13(9-16)20-18(24)21-14-10-17(23)22(11-14)15-7-5-12(19)6-8-15/h2-9,14H,10-11H2,1H3,(H2,20,21,24). The van der Waals surface area contributed by atoms with Crippen molar-refractivity contribution < 1.29 is 14.3 Å². The first-order chi connectivity index (χ1) is 12.0. The lowest BCUT2D eigenvalue weighted by Crippen LogP contribution is -2.39. The van der Waals surface area contributed by atoms with E-state index in [0.29, 0.717) is 23.0 Å². The van der Waals surface area contributed by atoms with Crippen LogP contribution in [0, 0.1) is 0 Å². The van der Waals surface area contributed by atoms with E-state index in [0.717, 1.165) is 5.69 Å². The van der Waals surface area contributed by atoms with Gasteiger partial charge in [-0.3, -0.25) is 4.79 Å². The van der Waals surface area contributed by atoms with Crippen molar-refractivity contribution in [3.63, 3.8) is 0 Å². The molecule has 1 heterocycles. The minimum absolute atomic E-state index is 0.0333. The van der Waals surface area contributed by atoms with Crippen LogP contribution in [0.2, 0.25) is 5.02 Å². The minimum atomic E-state index is -0.357. The van der Waals surface area contributed by atoms with Gasteiger partial charge >= 0.3 is 6.03 Å². The van der Waals surface area contributed by atoms with Crippen LogP contribution in [-0.2, 0) is 4.79 Å². The van der Waals surface area contributed by atoms with Crippen molar-refractivity contribution in [3.8, 4) is 5.75 Å². The monoisotopic (exact) mass is 359 g/mol. The highest BCUT2D eigenvalue weighted by Gasteiger charge is 2.31. The number of rotatable bonds is 4. The molecule has 0 saturated carbocycles. The first-order valence-electron chi connectivity index (χ1n) is 7.82. The zero-order valence-electron chi connectivity index (χ0n) is 13.7. The van der Waals surface area contributed by atoms with Gasteiger partial charge < -0.3 is 20.3 Å². The molecule has 2 N–H and O–H groups in total. The van der Waals surface area contributed by atoms with E-state index >= 15 is 0 Å². The van der Waals surface area contributed by atoms with Crippen molar-refractivity contribution in [2.45, 2.75) is 12.5 Å². The third kappa shape index (κ3) is 4.22. The van der Waals surface area contributed by atoms with Gasteiger partial charge in [0.2, 0.25) is 5.91 Å². The van der Waals surface area contributed by atoms with E-state index in [2.05, 4.69) is 10.6 Å². The predicted octanol–water partition coefficient (Wildman–Crippen LogP) is 3.28. The smallest absolute Gasteiger partial charge is 0.319 e. The van der Waals surface area contributed by atoms with Crippen LogP contribution in [0.4, 0.5) is 16.2 Å². The molecule has 0 bridgehead atoms. The van der Waals surface area contributed by atoms with E-state index in [9.17, 15) is 9.59 Å². The Labute approximate surface area is 150 Å². The van der Waals surface area contributed by atoms with Crippen LogP contribution in [0.25, 0.3) is 0 Å². The summed E-state index contributed by atoms with van der Waals surface area (Å²) in [4.78, 5) is 26.0. The second-order valence-electron chi connectivity index (χ2n) is 5.71. The molecule has 2 aromatic rings. The Kier molecular flexibility index (Phi) is 5.09. The number of urea groups is 1. The molecule has 0 aliphatic carbocycles. The second-order valence-corrected chi connectivity index (χ2v) is 6.15. The summed E-state index contributed by atoms with van der Waals surface area (Å²) in [5.74, 6) is 0.622. The van der Waals surface area contributed by atoms with Gasteiger partial charge in [0.1, 0.15) is 5.75 Å². The molecule has 1 saturated heterocycles. The molecule has 1 unspecified atom stereocenters. The highest BCUT2D eigenvalue weighted by Crippen LogP contribution is 2.23. The lowest BCUT2D eigenvalue weighted by molar-refractivity contribution is -0.117. The van der Waals surface area contributed by atoms with Gasteiger partial charge in [-0.1, -0.05) is 17.7 Å². The maximum Gasteiger partial charge on any atom is 0.319 e. The number of nitrogens with zero attached hydrogens (tertiary/aromatic N) is 1. The summed E-state index contributed by atoms with van der Waals surface area (Å²) in [6.07, 6.45) is 0.258. The lowest BCUT2D eigenvalue weighted by atomic mass is 10.2. The summed E-state index contributed by atoms with van der Waals surface area (Å²) in [5.41, 5.74) is 1.39. The second kappa shape index (κ2) is 7.44. The number of nitrogens with one attached hydrogen (secondary N) is 2. The Morgan fingerprint density at radius 2 is 2.00 bits per heavy atom. The number of hydrogen-bond acceptors (Lipinski definition) is 3. The number of anilines is 2. The molecule has 1 aliphatic rings. The molecule has 3 amide bonds. The molecular formula is C18H18ClN3O3. The fourth-order valence-corrected chi connectivity index (χ4v) is 2.85. The fourth-order valence-electron chi connectivity index (χ4n) is 2.73. The number of hydrogen-bond donors (Lipinski definition) is 2. The molecule has 7 heteroatoms.